The molecule has 3 rings (SSSR count). The third kappa shape index (κ3) is 6.94. The number of guanidine groups is 1. The number of pyridine rings is 1. The monoisotopic (exact) mass is 504 g/mol. The highest BCUT2D eigenvalue weighted by Gasteiger charge is 2.02. The molecule has 6 nitrogen and oxygen atoms in total. The number of anilines is 1. The molecular formula is C22H25IN4O2. The molecule has 3 N–H and O–H groups in total. The Bertz CT molecular complexity index is 946. The van der Waals surface area contributed by atoms with Crippen LogP contribution >= 0.6 is 24.0 Å². The number of rotatable bonds is 7. The van der Waals surface area contributed by atoms with Crippen LogP contribution in [0.5, 0.6) is 17.4 Å². The van der Waals surface area contributed by atoms with Crippen LogP contribution in [0.3, 0.4) is 0 Å². The number of methoxy groups -OCH3 is 1. The number of hydrogen-bond acceptors (Lipinski definition) is 4. The fourth-order valence-corrected chi connectivity index (χ4v) is 2.58. The third-order valence-electron chi connectivity index (χ3n) is 4.10. The topological polar surface area (TPSA) is 81.8 Å². The van der Waals surface area contributed by atoms with Crippen molar-refractivity contribution in [3.05, 3.63) is 78.0 Å². The normalized spacial score (nSPS) is 10.8. The minimum atomic E-state index is 0. The van der Waals surface area contributed by atoms with Crippen molar-refractivity contribution in [3.8, 4) is 17.4 Å². The number of benzene rings is 2. The highest BCUT2D eigenvalue weighted by Crippen LogP contribution is 2.23. The lowest BCUT2D eigenvalue weighted by Gasteiger charge is -2.08. The average molecular weight is 504 g/mol. The van der Waals surface area contributed by atoms with E-state index < -0.39 is 0 Å². The van der Waals surface area contributed by atoms with Gasteiger partial charge in [0.25, 0.3) is 0 Å². The van der Waals surface area contributed by atoms with Gasteiger partial charge in [0.15, 0.2) is 5.96 Å². The Morgan fingerprint density at radius 3 is 2.55 bits per heavy atom. The van der Waals surface area contributed by atoms with Crippen LogP contribution < -0.4 is 20.5 Å². The van der Waals surface area contributed by atoms with Crippen LogP contribution in [0.25, 0.3) is 0 Å². The second-order valence-electron chi connectivity index (χ2n) is 6.17. The van der Waals surface area contributed by atoms with Gasteiger partial charge in [0, 0.05) is 24.0 Å². The highest BCUT2D eigenvalue weighted by molar-refractivity contribution is 14.0. The van der Waals surface area contributed by atoms with Gasteiger partial charge in [-0.1, -0.05) is 31.2 Å². The zero-order valence-electron chi connectivity index (χ0n) is 16.5. The molecule has 0 amide bonds. The highest BCUT2D eigenvalue weighted by atomic mass is 127. The first kappa shape index (κ1) is 22.5. The quantitative estimate of drug-likeness (QED) is 0.269. The molecule has 0 aliphatic rings. The number of halogens is 1. The van der Waals surface area contributed by atoms with E-state index in [0.717, 1.165) is 23.4 Å². The van der Waals surface area contributed by atoms with Crippen LogP contribution in [0.2, 0.25) is 0 Å². The molecule has 152 valence electrons. The Hall–Kier alpha value is -2.81. The summed E-state index contributed by atoms with van der Waals surface area (Å²) in [4.78, 5) is 8.69. The lowest BCUT2D eigenvalue weighted by Crippen LogP contribution is -2.22. The maximum Gasteiger partial charge on any atom is 0.219 e. The van der Waals surface area contributed by atoms with Gasteiger partial charge in [-0.3, -0.25) is 0 Å². The first-order valence-corrected chi connectivity index (χ1v) is 9.09. The molecule has 0 radical (unpaired) electrons. The van der Waals surface area contributed by atoms with E-state index in [4.69, 9.17) is 15.2 Å². The SMILES string of the molecule is CCc1cccc(NC(N)=NCc2ccc(Oc3cccc(OC)c3)nc2)c1.I. The predicted molar refractivity (Wildman–Crippen MR) is 127 cm³/mol. The second kappa shape index (κ2) is 11.3. The summed E-state index contributed by atoms with van der Waals surface area (Å²) in [5.74, 6) is 2.27. The molecule has 1 heterocycles. The molecule has 0 saturated carbocycles. The first-order chi connectivity index (χ1) is 13.7. The number of aromatic nitrogens is 1. The maximum atomic E-state index is 5.99. The van der Waals surface area contributed by atoms with Gasteiger partial charge in [0.1, 0.15) is 11.5 Å². The molecule has 0 spiro atoms. The molecule has 29 heavy (non-hydrogen) atoms. The number of aliphatic imine (C=N–C) groups is 1. The Balaban J connectivity index is 0.00000300. The summed E-state index contributed by atoms with van der Waals surface area (Å²) in [5, 5.41) is 3.11. The summed E-state index contributed by atoms with van der Waals surface area (Å²) < 4.78 is 10.9. The minimum absolute atomic E-state index is 0. The average Bonchev–Trinajstić information content (AvgIpc) is 2.73. The zero-order chi connectivity index (χ0) is 19.8. The molecular weight excluding hydrogens is 479 g/mol. The van der Waals surface area contributed by atoms with Crippen molar-refractivity contribution in [2.45, 2.75) is 19.9 Å². The van der Waals surface area contributed by atoms with Crippen LogP contribution in [0.15, 0.2) is 71.9 Å². The van der Waals surface area contributed by atoms with Crippen LogP contribution in [0.4, 0.5) is 5.69 Å². The lowest BCUT2D eigenvalue weighted by atomic mass is 10.1. The number of hydrogen-bond donors (Lipinski definition) is 2. The van der Waals surface area contributed by atoms with E-state index in [1.54, 1.807) is 25.4 Å². The summed E-state index contributed by atoms with van der Waals surface area (Å²) in [6, 6.07) is 19.2. The summed E-state index contributed by atoms with van der Waals surface area (Å²) in [6.07, 6.45) is 2.70. The fraction of sp³-hybridized carbons (Fsp3) is 0.182. The van der Waals surface area contributed by atoms with E-state index in [9.17, 15) is 0 Å². The number of ether oxygens (including phenoxy) is 2. The van der Waals surface area contributed by atoms with Crippen molar-refractivity contribution in [2.24, 2.45) is 10.7 Å². The molecule has 1 aromatic heterocycles. The van der Waals surface area contributed by atoms with Crippen LogP contribution in [-0.4, -0.2) is 18.1 Å². The molecule has 0 bridgehead atoms. The minimum Gasteiger partial charge on any atom is -0.497 e. The standard InChI is InChI=1S/C22H24N4O2.HI/c1-3-16-6-4-7-18(12-16)26-22(23)25-15-17-10-11-21(24-14-17)28-20-9-5-8-19(13-20)27-2;/h4-14H,3,15H2,1-2H3,(H3,23,25,26);1H. The van der Waals surface area contributed by atoms with Crippen molar-refractivity contribution in [3.63, 3.8) is 0 Å². The predicted octanol–water partition coefficient (Wildman–Crippen LogP) is 4.99. The third-order valence-corrected chi connectivity index (χ3v) is 4.10. The van der Waals surface area contributed by atoms with E-state index in [0.29, 0.717) is 24.1 Å². The van der Waals surface area contributed by atoms with E-state index in [1.807, 2.05) is 36.4 Å². The van der Waals surface area contributed by atoms with Crippen molar-refractivity contribution in [2.75, 3.05) is 12.4 Å². The van der Waals surface area contributed by atoms with E-state index in [2.05, 4.69) is 34.3 Å². The van der Waals surface area contributed by atoms with Crippen molar-refractivity contribution >= 4 is 35.6 Å². The van der Waals surface area contributed by atoms with Crippen molar-refractivity contribution in [1.29, 1.82) is 0 Å². The van der Waals surface area contributed by atoms with Crippen LogP contribution in [0, 0.1) is 0 Å². The number of aryl methyl sites for hydroxylation is 1. The van der Waals surface area contributed by atoms with Gasteiger partial charge >= 0.3 is 0 Å². The van der Waals surface area contributed by atoms with Crippen LogP contribution in [0.1, 0.15) is 18.1 Å². The fourth-order valence-electron chi connectivity index (χ4n) is 2.58. The van der Waals surface area contributed by atoms with Gasteiger partial charge in [-0.05, 0) is 41.8 Å². The molecule has 0 aliphatic carbocycles. The summed E-state index contributed by atoms with van der Waals surface area (Å²) in [5.41, 5.74) is 9.10. The Labute approximate surface area is 188 Å². The summed E-state index contributed by atoms with van der Waals surface area (Å²) in [7, 11) is 1.62. The molecule has 0 aliphatic heterocycles. The molecule has 0 unspecified atom stereocenters. The Morgan fingerprint density at radius 1 is 1.03 bits per heavy atom. The number of nitrogens with zero attached hydrogens (tertiary/aromatic N) is 2. The van der Waals surface area contributed by atoms with Gasteiger partial charge in [-0.2, -0.15) is 0 Å². The molecule has 0 atom stereocenters. The number of nitrogens with two attached hydrogens (primary N) is 1. The Kier molecular flexibility index (Phi) is 8.72. The van der Waals surface area contributed by atoms with Crippen LogP contribution in [-0.2, 0) is 13.0 Å². The largest absolute Gasteiger partial charge is 0.497 e. The Morgan fingerprint density at radius 2 is 1.83 bits per heavy atom. The smallest absolute Gasteiger partial charge is 0.219 e. The zero-order valence-corrected chi connectivity index (χ0v) is 18.8. The lowest BCUT2D eigenvalue weighted by molar-refractivity contribution is 0.407. The maximum absolute atomic E-state index is 5.99. The van der Waals surface area contributed by atoms with Gasteiger partial charge in [0.2, 0.25) is 5.88 Å². The van der Waals surface area contributed by atoms with E-state index >= 15 is 0 Å². The van der Waals surface area contributed by atoms with Crippen molar-refractivity contribution < 1.29 is 9.47 Å². The molecule has 3 aromatic rings. The number of nitrogens with one attached hydrogen (secondary N) is 1. The summed E-state index contributed by atoms with van der Waals surface area (Å²) >= 11 is 0. The first-order valence-electron chi connectivity index (χ1n) is 9.09. The second-order valence-corrected chi connectivity index (χ2v) is 6.17. The van der Waals surface area contributed by atoms with Gasteiger partial charge < -0.3 is 20.5 Å². The molecule has 0 fully saturated rings. The molecule has 2 aromatic carbocycles. The van der Waals surface area contributed by atoms with E-state index in [-0.39, 0.29) is 24.0 Å². The van der Waals surface area contributed by atoms with Gasteiger partial charge in [0.05, 0.1) is 13.7 Å². The van der Waals surface area contributed by atoms with E-state index in [1.165, 1.54) is 5.56 Å². The van der Waals surface area contributed by atoms with Crippen molar-refractivity contribution in [1.82, 2.24) is 4.98 Å². The summed E-state index contributed by atoms with van der Waals surface area (Å²) in [6.45, 7) is 2.55. The molecule has 0 saturated heterocycles. The van der Waals surface area contributed by atoms with Gasteiger partial charge in [-0.15, -0.1) is 24.0 Å². The molecule has 7 heteroatoms. The van der Waals surface area contributed by atoms with Gasteiger partial charge in [-0.25, -0.2) is 9.98 Å².